The van der Waals surface area contributed by atoms with Gasteiger partial charge in [-0.05, 0) is 25.3 Å². The minimum Gasteiger partial charge on any atom is -0.352 e. The number of aromatic nitrogens is 2. The summed E-state index contributed by atoms with van der Waals surface area (Å²) >= 11 is 0. The van der Waals surface area contributed by atoms with Crippen LogP contribution in [0.5, 0.6) is 0 Å². The predicted octanol–water partition coefficient (Wildman–Crippen LogP) is 0.880. The molecule has 2 rings (SSSR count). The molecule has 1 aliphatic heterocycles. The Bertz CT molecular complexity index is 391. The molecule has 0 radical (unpaired) electrons. The van der Waals surface area contributed by atoms with Gasteiger partial charge in [0.05, 0.1) is 6.04 Å². The molecule has 0 aliphatic carbocycles. The zero-order valence-electron chi connectivity index (χ0n) is 10.2. The molecule has 1 fully saturated rings. The Kier molecular flexibility index (Phi) is 3.73. The van der Waals surface area contributed by atoms with E-state index in [1.807, 2.05) is 0 Å². The predicted molar refractivity (Wildman–Crippen MR) is 61.4 cm³/mol. The highest BCUT2D eigenvalue weighted by Crippen LogP contribution is 2.27. The van der Waals surface area contributed by atoms with E-state index in [1.54, 1.807) is 7.05 Å². The van der Waals surface area contributed by atoms with Crippen LogP contribution in [0.15, 0.2) is 4.52 Å². The van der Waals surface area contributed by atoms with Gasteiger partial charge in [0.1, 0.15) is 0 Å². The number of amides is 1. The third kappa shape index (κ3) is 2.63. The van der Waals surface area contributed by atoms with E-state index >= 15 is 0 Å². The van der Waals surface area contributed by atoms with Gasteiger partial charge in [0, 0.05) is 7.05 Å². The lowest BCUT2D eigenvalue weighted by Crippen LogP contribution is -2.31. The Morgan fingerprint density at radius 1 is 1.65 bits per heavy atom. The molecule has 6 heteroatoms. The van der Waals surface area contributed by atoms with Crippen molar-refractivity contribution < 1.29 is 9.32 Å². The van der Waals surface area contributed by atoms with E-state index in [-0.39, 0.29) is 17.8 Å². The monoisotopic (exact) mass is 238 g/mol. The molecular weight excluding hydrogens is 220 g/mol. The number of hydrogen-bond donors (Lipinski definition) is 2. The number of piperidine rings is 1. The average Bonchev–Trinajstić information content (AvgIpc) is 2.87. The van der Waals surface area contributed by atoms with Crippen LogP contribution in [-0.2, 0) is 0 Å². The number of carbonyl (C=O) groups is 1. The first-order valence-corrected chi connectivity index (χ1v) is 6.03. The Morgan fingerprint density at radius 3 is 3.18 bits per heavy atom. The van der Waals surface area contributed by atoms with Crippen LogP contribution in [0, 0.1) is 5.92 Å². The standard InChI is InChI=1S/C11H18N4O2/c1-3-7-4-5-13-8(6-7)11-14-9(15-17-11)10(16)12-2/h7-8,13H,3-6H2,1-2H3,(H,12,16). The summed E-state index contributed by atoms with van der Waals surface area (Å²) in [6.45, 7) is 3.15. The van der Waals surface area contributed by atoms with Crippen LogP contribution >= 0.6 is 0 Å². The van der Waals surface area contributed by atoms with Crippen molar-refractivity contribution in [1.82, 2.24) is 20.8 Å². The first-order valence-electron chi connectivity index (χ1n) is 6.03. The lowest BCUT2D eigenvalue weighted by molar-refractivity contribution is 0.0950. The van der Waals surface area contributed by atoms with Crippen LogP contribution in [0.25, 0.3) is 0 Å². The summed E-state index contributed by atoms with van der Waals surface area (Å²) in [5.74, 6) is 0.990. The summed E-state index contributed by atoms with van der Waals surface area (Å²) < 4.78 is 5.14. The fourth-order valence-electron chi connectivity index (χ4n) is 2.14. The molecule has 1 aromatic rings. The zero-order valence-corrected chi connectivity index (χ0v) is 10.2. The molecule has 1 saturated heterocycles. The molecule has 2 atom stereocenters. The number of carbonyl (C=O) groups excluding carboxylic acids is 1. The maximum Gasteiger partial charge on any atom is 0.292 e. The number of nitrogens with zero attached hydrogens (tertiary/aromatic N) is 2. The van der Waals surface area contributed by atoms with E-state index in [1.165, 1.54) is 6.42 Å². The molecule has 0 spiro atoms. The molecule has 1 aliphatic rings. The summed E-state index contributed by atoms with van der Waals surface area (Å²) in [7, 11) is 1.55. The molecule has 2 heterocycles. The van der Waals surface area contributed by atoms with Crippen LogP contribution in [0.1, 0.15) is 48.7 Å². The second kappa shape index (κ2) is 5.27. The molecule has 2 N–H and O–H groups in total. The summed E-state index contributed by atoms with van der Waals surface area (Å²) in [5.41, 5.74) is 0. The van der Waals surface area contributed by atoms with E-state index in [9.17, 15) is 4.79 Å². The normalized spacial score (nSPS) is 24.6. The van der Waals surface area contributed by atoms with Crippen molar-refractivity contribution in [3.63, 3.8) is 0 Å². The molecular formula is C11H18N4O2. The minimum absolute atomic E-state index is 0.0830. The highest BCUT2D eigenvalue weighted by atomic mass is 16.5. The van der Waals surface area contributed by atoms with E-state index in [4.69, 9.17) is 4.52 Å². The fourth-order valence-corrected chi connectivity index (χ4v) is 2.14. The number of hydrogen-bond acceptors (Lipinski definition) is 5. The van der Waals surface area contributed by atoms with Crippen molar-refractivity contribution in [2.75, 3.05) is 13.6 Å². The lowest BCUT2D eigenvalue weighted by atomic mass is 9.90. The second-order valence-corrected chi connectivity index (χ2v) is 4.34. The molecule has 94 valence electrons. The van der Waals surface area contributed by atoms with Gasteiger partial charge in [-0.25, -0.2) is 0 Å². The SMILES string of the molecule is CCC1CCNC(c2nc(C(=O)NC)no2)C1. The van der Waals surface area contributed by atoms with Crippen molar-refractivity contribution in [3.8, 4) is 0 Å². The average molecular weight is 238 g/mol. The lowest BCUT2D eigenvalue weighted by Gasteiger charge is -2.27. The van der Waals surface area contributed by atoms with Crippen LogP contribution in [0.4, 0.5) is 0 Å². The molecule has 0 saturated carbocycles. The van der Waals surface area contributed by atoms with Crippen LogP contribution in [0.2, 0.25) is 0 Å². The summed E-state index contributed by atoms with van der Waals surface area (Å²) in [6, 6.07) is 0.0830. The van der Waals surface area contributed by atoms with Gasteiger partial charge in [-0.3, -0.25) is 4.79 Å². The van der Waals surface area contributed by atoms with Gasteiger partial charge in [-0.15, -0.1) is 0 Å². The van der Waals surface area contributed by atoms with Crippen LogP contribution in [0.3, 0.4) is 0 Å². The van der Waals surface area contributed by atoms with Gasteiger partial charge in [0.15, 0.2) is 0 Å². The molecule has 2 unspecified atom stereocenters. The van der Waals surface area contributed by atoms with Crippen molar-refractivity contribution in [2.24, 2.45) is 5.92 Å². The molecule has 0 aromatic carbocycles. The number of nitrogens with one attached hydrogen (secondary N) is 2. The molecule has 1 amide bonds. The molecule has 0 bridgehead atoms. The molecule has 1 aromatic heterocycles. The first kappa shape index (κ1) is 12.0. The highest BCUT2D eigenvalue weighted by molar-refractivity contribution is 5.89. The number of rotatable bonds is 3. The third-order valence-corrected chi connectivity index (χ3v) is 3.26. The highest BCUT2D eigenvalue weighted by Gasteiger charge is 2.26. The van der Waals surface area contributed by atoms with Gasteiger partial charge in [-0.1, -0.05) is 18.5 Å². The van der Waals surface area contributed by atoms with Crippen molar-refractivity contribution >= 4 is 5.91 Å². The van der Waals surface area contributed by atoms with Gasteiger partial charge >= 0.3 is 0 Å². The molecule has 17 heavy (non-hydrogen) atoms. The quantitative estimate of drug-likeness (QED) is 0.817. The van der Waals surface area contributed by atoms with Gasteiger partial charge in [0.2, 0.25) is 5.89 Å². The van der Waals surface area contributed by atoms with Crippen molar-refractivity contribution in [1.29, 1.82) is 0 Å². The zero-order chi connectivity index (χ0) is 12.3. The largest absolute Gasteiger partial charge is 0.352 e. The maximum atomic E-state index is 11.3. The van der Waals surface area contributed by atoms with E-state index in [2.05, 4.69) is 27.7 Å². The summed E-state index contributed by atoms with van der Waals surface area (Å²) in [4.78, 5) is 15.4. The Hall–Kier alpha value is -1.43. The topological polar surface area (TPSA) is 80.0 Å². The smallest absolute Gasteiger partial charge is 0.292 e. The summed E-state index contributed by atoms with van der Waals surface area (Å²) in [5, 5.41) is 9.49. The summed E-state index contributed by atoms with van der Waals surface area (Å²) in [6.07, 6.45) is 3.34. The van der Waals surface area contributed by atoms with Gasteiger partial charge < -0.3 is 15.2 Å². The first-order chi connectivity index (χ1) is 8.24. The Morgan fingerprint density at radius 2 is 2.47 bits per heavy atom. The van der Waals surface area contributed by atoms with Crippen LogP contribution < -0.4 is 10.6 Å². The van der Waals surface area contributed by atoms with Crippen molar-refractivity contribution in [3.05, 3.63) is 11.7 Å². The third-order valence-electron chi connectivity index (χ3n) is 3.26. The van der Waals surface area contributed by atoms with E-state index in [0.717, 1.165) is 19.4 Å². The van der Waals surface area contributed by atoms with Crippen molar-refractivity contribution in [2.45, 2.75) is 32.2 Å². The Balaban J connectivity index is 2.06. The van der Waals surface area contributed by atoms with E-state index < -0.39 is 0 Å². The Labute approximate surface area is 100 Å². The second-order valence-electron chi connectivity index (χ2n) is 4.34. The fraction of sp³-hybridized carbons (Fsp3) is 0.727. The maximum absolute atomic E-state index is 11.3. The van der Waals surface area contributed by atoms with Gasteiger partial charge in [0.25, 0.3) is 11.7 Å². The van der Waals surface area contributed by atoms with E-state index in [0.29, 0.717) is 11.8 Å². The minimum atomic E-state index is -0.317. The molecule has 6 nitrogen and oxygen atoms in total. The van der Waals surface area contributed by atoms with Gasteiger partial charge in [-0.2, -0.15) is 4.98 Å². The van der Waals surface area contributed by atoms with Crippen LogP contribution in [-0.4, -0.2) is 29.6 Å².